The van der Waals surface area contributed by atoms with Crippen LogP contribution in [0.1, 0.15) is 30.4 Å². The quantitative estimate of drug-likeness (QED) is 0.464. The minimum Gasteiger partial charge on any atom is -0.460 e. The van der Waals surface area contributed by atoms with Gasteiger partial charge >= 0.3 is 12.1 Å². The van der Waals surface area contributed by atoms with E-state index in [0.717, 1.165) is 11.1 Å². The van der Waals surface area contributed by atoms with Crippen LogP contribution in [0.3, 0.4) is 0 Å². The molecular formula is C21H25ClN2O4. The molecule has 0 heterocycles. The number of rotatable bonds is 10. The molecule has 0 bridgehead atoms. The molecule has 0 aliphatic heterocycles. The number of esters is 1. The highest BCUT2D eigenvalue weighted by atomic mass is 35.5. The second kappa shape index (κ2) is 12.0. The van der Waals surface area contributed by atoms with Crippen LogP contribution in [-0.4, -0.2) is 24.6 Å². The smallest absolute Gasteiger partial charge is 0.407 e. The minimum absolute atomic E-state index is 0.115. The van der Waals surface area contributed by atoms with Crippen molar-refractivity contribution in [3.05, 3.63) is 70.7 Å². The summed E-state index contributed by atoms with van der Waals surface area (Å²) >= 11 is 6.00. The Balaban J connectivity index is 1.53. The molecule has 0 fully saturated rings. The average molecular weight is 405 g/mol. The monoisotopic (exact) mass is 404 g/mol. The first-order chi connectivity index (χ1) is 13.6. The van der Waals surface area contributed by atoms with Gasteiger partial charge in [-0.2, -0.15) is 0 Å². The Morgan fingerprint density at radius 1 is 0.964 bits per heavy atom. The standard InChI is InChI=1S/C21H25ClN2O4/c22-18-11-5-4-10-17(18)15-28-21(26)24-13-7-6-12-19(23)20(25)27-14-16-8-2-1-3-9-16/h1-5,8-11,19H,6-7,12-15,23H2,(H,24,26)/t19-/m0/s1. The highest BCUT2D eigenvalue weighted by Gasteiger charge is 2.14. The van der Waals surface area contributed by atoms with Crippen molar-refractivity contribution in [1.29, 1.82) is 0 Å². The van der Waals surface area contributed by atoms with Gasteiger partial charge in [0.05, 0.1) is 0 Å². The van der Waals surface area contributed by atoms with Crippen LogP contribution in [0.2, 0.25) is 5.02 Å². The molecule has 3 N–H and O–H groups in total. The largest absolute Gasteiger partial charge is 0.460 e. The zero-order valence-electron chi connectivity index (χ0n) is 15.6. The molecule has 28 heavy (non-hydrogen) atoms. The van der Waals surface area contributed by atoms with E-state index in [9.17, 15) is 9.59 Å². The molecule has 2 rings (SSSR count). The van der Waals surface area contributed by atoms with Crippen molar-refractivity contribution in [2.75, 3.05) is 6.54 Å². The van der Waals surface area contributed by atoms with Gasteiger partial charge in [0.15, 0.2) is 0 Å². The number of hydrogen-bond acceptors (Lipinski definition) is 5. The van der Waals surface area contributed by atoms with E-state index in [-0.39, 0.29) is 13.2 Å². The number of carbonyl (C=O) groups excluding carboxylic acids is 2. The van der Waals surface area contributed by atoms with Crippen LogP contribution < -0.4 is 11.1 Å². The number of ether oxygens (including phenoxy) is 2. The maximum Gasteiger partial charge on any atom is 0.407 e. The van der Waals surface area contributed by atoms with Crippen molar-refractivity contribution in [3.63, 3.8) is 0 Å². The fourth-order valence-corrected chi connectivity index (χ4v) is 2.63. The number of carbonyl (C=O) groups is 2. The van der Waals surface area contributed by atoms with Crippen LogP contribution in [0.4, 0.5) is 4.79 Å². The Bertz CT molecular complexity index is 755. The summed E-state index contributed by atoms with van der Waals surface area (Å²) in [4.78, 5) is 23.6. The van der Waals surface area contributed by atoms with Crippen LogP contribution in [-0.2, 0) is 27.5 Å². The Hall–Kier alpha value is -2.57. The maximum atomic E-state index is 11.9. The molecule has 7 heteroatoms. The summed E-state index contributed by atoms with van der Waals surface area (Å²) in [7, 11) is 0. The summed E-state index contributed by atoms with van der Waals surface area (Å²) in [6, 6.07) is 16.0. The van der Waals surface area contributed by atoms with Crippen LogP contribution >= 0.6 is 11.6 Å². The Morgan fingerprint density at radius 3 is 2.43 bits per heavy atom. The molecule has 0 aliphatic rings. The number of benzene rings is 2. The summed E-state index contributed by atoms with van der Waals surface area (Å²) in [6.45, 7) is 0.767. The summed E-state index contributed by atoms with van der Waals surface area (Å²) < 4.78 is 10.3. The topological polar surface area (TPSA) is 90.6 Å². The number of halogens is 1. The fraction of sp³-hybridized carbons (Fsp3) is 0.333. The van der Waals surface area contributed by atoms with Crippen molar-refractivity contribution in [1.82, 2.24) is 5.32 Å². The summed E-state index contributed by atoms with van der Waals surface area (Å²) in [5.74, 6) is -0.420. The molecule has 0 saturated heterocycles. The molecule has 0 unspecified atom stereocenters. The van der Waals surface area contributed by atoms with E-state index in [2.05, 4.69) is 5.32 Å². The van der Waals surface area contributed by atoms with Gasteiger partial charge < -0.3 is 20.5 Å². The van der Waals surface area contributed by atoms with E-state index < -0.39 is 18.1 Å². The lowest BCUT2D eigenvalue weighted by Crippen LogP contribution is -2.32. The van der Waals surface area contributed by atoms with Crippen molar-refractivity contribution in [2.24, 2.45) is 5.73 Å². The maximum absolute atomic E-state index is 11.9. The zero-order chi connectivity index (χ0) is 20.2. The number of hydrogen-bond donors (Lipinski definition) is 2. The first-order valence-corrected chi connectivity index (χ1v) is 9.54. The molecule has 1 atom stereocenters. The van der Waals surface area contributed by atoms with Gasteiger partial charge in [-0.05, 0) is 30.9 Å². The second-order valence-corrected chi connectivity index (χ2v) is 6.70. The van der Waals surface area contributed by atoms with Gasteiger partial charge in [0.1, 0.15) is 19.3 Å². The van der Waals surface area contributed by atoms with Gasteiger partial charge in [-0.15, -0.1) is 0 Å². The van der Waals surface area contributed by atoms with Gasteiger partial charge in [-0.25, -0.2) is 4.79 Å². The molecule has 0 radical (unpaired) electrons. The van der Waals surface area contributed by atoms with Crippen molar-refractivity contribution in [2.45, 2.75) is 38.5 Å². The third-order valence-electron chi connectivity index (χ3n) is 4.05. The van der Waals surface area contributed by atoms with Gasteiger partial charge in [0, 0.05) is 17.1 Å². The molecule has 6 nitrogen and oxygen atoms in total. The van der Waals surface area contributed by atoms with Gasteiger partial charge in [0.25, 0.3) is 0 Å². The van der Waals surface area contributed by atoms with Gasteiger partial charge in [-0.1, -0.05) is 60.1 Å². The lowest BCUT2D eigenvalue weighted by atomic mass is 10.1. The third kappa shape index (κ3) is 7.98. The Kier molecular flexibility index (Phi) is 9.31. The summed E-state index contributed by atoms with van der Waals surface area (Å²) in [5, 5.41) is 3.22. The predicted molar refractivity (Wildman–Crippen MR) is 108 cm³/mol. The van der Waals surface area contributed by atoms with E-state index in [1.807, 2.05) is 42.5 Å². The lowest BCUT2D eigenvalue weighted by Gasteiger charge is -2.12. The molecule has 2 aromatic rings. The van der Waals surface area contributed by atoms with Crippen LogP contribution in [0.15, 0.2) is 54.6 Å². The number of unbranched alkanes of at least 4 members (excludes halogenated alkanes) is 1. The van der Waals surface area contributed by atoms with Crippen LogP contribution in [0.25, 0.3) is 0 Å². The normalized spacial score (nSPS) is 11.5. The minimum atomic E-state index is -0.670. The van der Waals surface area contributed by atoms with Crippen LogP contribution in [0, 0.1) is 0 Å². The fourth-order valence-electron chi connectivity index (χ4n) is 2.44. The molecule has 0 aliphatic carbocycles. The third-order valence-corrected chi connectivity index (χ3v) is 4.42. The average Bonchev–Trinajstić information content (AvgIpc) is 2.71. The first kappa shape index (κ1) is 21.7. The molecule has 0 saturated carbocycles. The van der Waals surface area contributed by atoms with Gasteiger partial charge in [-0.3, -0.25) is 4.79 Å². The molecule has 1 amide bonds. The van der Waals surface area contributed by atoms with Gasteiger partial charge in [0.2, 0.25) is 0 Å². The van der Waals surface area contributed by atoms with E-state index in [1.165, 1.54) is 0 Å². The second-order valence-electron chi connectivity index (χ2n) is 6.29. The lowest BCUT2D eigenvalue weighted by molar-refractivity contribution is -0.146. The SMILES string of the molecule is N[C@@H](CCCCNC(=O)OCc1ccccc1Cl)C(=O)OCc1ccccc1. The van der Waals surface area contributed by atoms with Crippen molar-refractivity contribution < 1.29 is 19.1 Å². The van der Waals surface area contributed by atoms with E-state index in [4.69, 9.17) is 26.8 Å². The Labute approximate surface area is 170 Å². The first-order valence-electron chi connectivity index (χ1n) is 9.16. The predicted octanol–water partition coefficient (Wildman–Crippen LogP) is 3.81. The molecule has 150 valence electrons. The zero-order valence-corrected chi connectivity index (χ0v) is 16.4. The number of nitrogens with two attached hydrogens (primary N) is 1. The highest BCUT2D eigenvalue weighted by Crippen LogP contribution is 2.15. The van der Waals surface area contributed by atoms with Crippen molar-refractivity contribution in [3.8, 4) is 0 Å². The van der Waals surface area contributed by atoms with Crippen molar-refractivity contribution >= 4 is 23.7 Å². The molecule has 2 aromatic carbocycles. The number of alkyl carbamates (subject to hydrolysis) is 1. The van der Waals surface area contributed by atoms with E-state index >= 15 is 0 Å². The molecule has 0 aromatic heterocycles. The van der Waals surface area contributed by atoms with Crippen LogP contribution in [0.5, 0.6) is 0 Å². The summed E-state index contributed by atoms with van der Waals surface area (Å²) in [5.41, 5.74) is 7.52. The number of nitrogens with one attached hydrogen (secondary N) is 1. The van der Waals surface area contributed by atoms with E-state index in [1.54, 1.807) is 12.1 Å². The highest BCUT2D eigenvalue weighted by molar-refractivity contribution is 6.31. The Morgan fingerprint density at radius 2 is 1.68 bits per heavy atom. The number of amides is 1. The van der Waals surface area contributed by atoms with E-state index in [0.29, 0.717) is 30.8 Å². The summed E-state index contributed by atoms with van der Waals surface area (Å²) in [6.07, 6.45) is 1.35. The molecular weight excluding hydrogens is 380 g/mol. The molecule has 0 spiro atoms.